The summed E-state index contributed by atoms with van der Waals surface area (Å²) in [6, 6.07) is 5.29. The van der Waals surface area contributed by atoms with Gasteiger partial charge in [-0.05, 0) is 29.7 Å². The highest BCUT2D eigenvalue weighted by atomic mass is 32.2. The van der Waals surface area contributed by atoms with E-state index in [4.69, 9.17) is 4.55 Å². The summed E-state index contributed by atoms with van der Waals surface area (Å²) in [6.07, 6.45) is 0.820. The smallest absolute Gasteiger partial charge is 0.167 e. The van der Waals surface area contributed by atoms with Crippen molar-refractivity contribution in [2.24, 2.45) is 0 Å². The highest BCUT2D eigenvalue weighted by Crippen LogP contribution is 2.22. The molecule has 15 heavy (non-hydrogen) atoms. The van der Waals surface area contributed by atoms with Gasteiger partial charge in [-0.2, -0.15) is 0 Å². The third kappa shape index (κ3) is 2.56. The Morgan fingerprint density at radius 3 is 2.93 bits per heavy atom. The third-order valence-corrected chi connectivity index (χ3v) is 3.16. The van der Waals surface area contributed by atoms with Crippen LogP contribution in [0.4, 0.5) is 0 Å². The fourth-order valence-electron chi connectivity index (χ4n) is 1.86. The molecule has 0 saturated carbocycles. The van der Waals surface area contributed by atoms with E-state index in [1.54, 1.807) is 12.1 Å². The molecule has 0 spiro atoms. The van der Waals surface area contributed by atoms with E-state index >= 15 is 0 Å². The molecule has 0 saturated heterocycles. The maximum absolute atomic E-state index is 10.7. The summed E-state index contributed by atoms with van der Waals surface area (Å²) < 4.78 is 19.5. The van der Waals surface area contributed by atoms with Crippen LogP contribution >= 0.6 is 0 Å². The molecule has 0 aromatic heterocycles. The minimum Gasteiger partial charge on any atom is -0.508 e. The number of benzene rings is 1. The van der Waals surface area contributed by atoms with Crippen molar-refractivity contribution in [3.63, 3.8) is 0 Å². The first-order chi connectivity index (χ1) is 7.15. The van der Waals surface area contributed by atoms with Gasteiger partial charge in [-0.25, -0.2) is 4.21 Å². The largest absolute Gasteiger partial charge is 0.508 e. The van der Waals surface area contributed by atoms with Crippen molar-refractivity contribution in [1.29, 1.82) is 0 Å². The Balaban J connectivity index is 2.13. The van der Waals surface area contributed by atoms with Gasteiger partial charge in [0.2, 0.25) is 0 Å². The number of aromatic hydroxyl groups is 1. The summed E-state index contributed by atoms with van der Waals surface area (Å²) in [4.78, 5) is 1.94. The lowest BCUT2D eigenvalue weighted by atomic mass is 10.00. The van der Waals surface area contributed by atoms with Crippen molar-refractivity contribution in [1.82, 2.24) is 4.90 Å². The fourth-order valence-corrected chi connectivity index (χ4v) is 2.40. The molecule has 4 nitrogen and oxygen atoms in total. The van der Waals surface area contributed by atoms with Gasteiger partial charge in [-0.1, -0.05) is 6.07 Å². The second kappa shape index (κ2) is 4.30. The van der Waals surface area contributed by atoms with Crippen LogP contribution in [0.3, 0.4) is 0 Å². The van der Waals surface area contributed by atoms with Crippen LogP contribution < -0.4 is 0 Å². The maximum Gasteiger partial charge on any atom is 0.167 e. The molecule has 1 heterocycles. The second-order valence-electron chi connectivity index (χ2n) is 3.71. The Morgan fingerprint density at radius 2 is 2.20 bits per heavy atom. The molecule has 0 amide bonds. The molecule has 2 N–H and O–H groups in total. The second-order valence-corrected chi connectivity index (χ2v) is 4.61. The van der Waals surface area contributed by atoms with Crippen LogP contribution in [0.5, 0.6) is 5.75 Å². The van der Waals surface area contributed by atoms with Crippen molar-refractivity contribution >= 4 is 11.1 Å². The Morgan fingerprint density at radius 1 is 1.40 bits per heavy atom. The quantitative estimate of drug-likeness (QED) is 0.738. The Bertz CT molecular complexity index is 394. The molecule has 1 aromatic rings. The summed E-state index contributed by atoms with van der Waals surface area (Å²) in [5.41, 5.74) is 2.26. The summed E-state index contributed by atoms with van der Waals surface area (Å²) in [6.45, 7) is 1.45. The molecule has 0 radical (unpaired) electrons. The molecule has 0 bridgehead atoms. The summed E-state index contributed by atoms with van der Waals surface area (Å²) in [7, 11) is 0. The molecular formula is C10H13NO3S. The third-order valence-electron chi connectivity index (χ3n) is 2.57. The number of phenolic OH excluding ortho intramolecular Hbond substituents is 1. The normalized spacial score (nSPS) is 18.5. The number of fused-ring (bicyclic) bond motifs is 1. The first-order valence-electron chi connectivity index (χ1n) is 4.76. The molecule has 0 fully saturated rings. The summed E-state index contributed by atoms with van der Waals surface area (Å²) in [5, 5.41) is 9.30. The van der Waals surface area contributed by atoms with Crippen molar-refractivity contribution in [3.05, 3.63) is 29.3 Å². The molecule has 5 heteroatoms. The van der Waals surface area contributed by atoms with Crippen molar-refractivity contribution in [3.8, 4) is 5.75 Å². The number of phenols is 1. The Hall–Kier alpha value is -0.910. The molecule has 1 atom stereocenters. The van der Waals surface area contributed by atoms with Crippen LogP contribution in [0.1, 0.15) is 11.1 Å². The zero-order valence-corrected chi connectivity index (χ0v) is 9.04. The number of hydrogen-bond acceptors (Lipinski definition) is 3. The lowest BCUT2D eigenvalue weighted by Gasteiger charge is -2.27. The predicted octanol–water partition coefficient (Wildman–Crippen LogP) is 0.929. The maximum atomic E-state index is 10.7. The average Bonchev–Trinajstić information content (AvgIpc) is 2.17. The van der Waals surface area contributed by atoms with E-state index in [0.29, 0.717) is 6.54 Å². The van der Waals surface area contributed by atoms with Gasteiger partial charge < -0.3 is 9.66 Å². The van der Waals surface area contributed by atoms with Crippen molar-refractivity contribution in [2.45, 2.75) is 13.0 Å². The standard InChI is InChI=1S/C10H13NO3S/c12-10-2-1-9-6-11(7-15(13)14)4-3-8(9)5-10/h1-2,5,12H,3-4,6-7H2,(H,13,14). The summed E-state index contributed by atoms with van der Waals surface area (Å²) >= 11 is -1.77. The van der Waals surface area contributed by atoms with E-state index in [1.165, 1.54) is 0 Å². The molecule has 1 unspecified atom stereocenters. The van der Waals surface area contributed by atoms with Crippen LogP contribution in [0, 0.1) is 0 Å². The van der Waals surface area contributed by atoms with E-state index in [0.717, 1.165) is 24.1 Å². The highest BCUT2D eigenvalue weighted by Gasteiger charge is 2.17. The van der Waals surface area contributed by atoms with Gasteiger partial charge in [-0.15, -0.1) is 0 Å². The van der Waals surface area contributed by atoms with Crippen LogP contribution in [0.25, 0.3) is 0 Å². The molecular weight excluding hydrogens is 214 g/mol. The average molecular weight is 227 g/mol. The highest BCUT2D eigenvalue weighted by molar-refractivity contribution is 7.79. The lowest BCUT2D eigenvalue weighted by molar-refractivity contribution is 0.290. The van der Waals surface area contributed by atoms with E-state index in [9.17, 15) is 9.32 Å². The van der Waals surface area contributed by atoms with E-state index in [1.807, 2.05) is 11.0 Å². The van der Waals surface area contributed by atoms with E-state index in [-0.39, 0.29) is 11.6 Å². The lowest BCUT2D eigenvalue weighted by Crippen LogP contribution is -2.32. The first kappa shape index (κ1) is 10.6. The fraction of sp³-hybridized carbons (Fsp3) is 0.400. The Labute approximate surface area is 90.8 Å². The van der Waals surface area contributed by atoms with Gasteiger partial charge in [0.25, 0.3) is 0 Å². The zero-order chi connectivity index (χ0) is 10.8. The summed E-state index contributed by atoms with van der Waals surface area (Å²) in [5.74, 6) is 0.480. The molecule has 1 aromatic carbocycles. The SMILES string of the molecule is O=S(O)CN1CCc2cc(O)ccc2C1. The van der Waals surface area contributed by atoms with Gasteiger partial charge in [0.1, 0.15) is 11.6 Å². The van der Waals surface area contributed by atoms with E-state index < -0.39 is 11.1 Å². The number of nitrogens with zero attached hydrogens (tertiary/aromatic N) is 1. The zero-order valence-electron chi connectivity index (χ0n) is 8.22. The molecule has 0 aliphatic carbocycles. The van der Waals surface area contributed by atoms with E-state index in [2.05, 4.69) is 0 Å². The minimum atomic E-state index is -1.77. The molecule has 2 rings (SSSR count). The number of hydrogen-bond donors (Lipinski definition) is 2. The van der Waals surface area contributed by atoms with Crippen LogP contribution in [-0.4, -0.2) is 31.2 Å². The Kier molecular flexibility index (Phi) is 3.04. The van der Waals surface area contributed by atoms with Gasteiger partial charge in [0, 0.05) is 13.1 Å². The topological polar surface area (TPSA) is 60.8 Å². The van der Waals surface area contributed by atoms with Gasteiger partial charge >= 0.3 is 0 Å². The number of rotatable bonds is 2. The van der Waals surface area contributed by atoms with Crippen molar-refractivity contribution in [2.75, 3.05) is 12.4 Å². The van der Waals surface area contributed by atoms with Crippen LogP contribution in [0.15, 0.2) is 18.2 Å². The first-order valence-corrected chi connectivity index (χ1v) is 6.03. The van der Waals surface area contributed by atoms with Crippen LogP contribution in [-0.2, 0) is 24.0 Å². The molecule has 1 aliphatic rings. The van der Waals surface area contributed by atoms with Gasteiger partial charge in [0.05, 0.1) is 0 Å². The molecule has 1 aliphatic heterocycles. The molecule has 82 valence electrons. The minimum absolute atomic E-state index is 0.195. The van der Waals surface area contributed by atoms with Crippen molar-refractivity contribution < 1.29 is 13.9 Å². The van der Waals surface area contributed by atoms with Gasteiger partial charge in [-0.3, -0.25) is 4.90 Å². The predicted molar refractivity (Wildman–Crippen MR) is 57.9 cm³/mol. The van der Waals surface area contributed by atoms with Gasteiger partial charge in [0.15, 0.2) is 11.1 Å². The monoisotopic (exact) mass is 227 g/mol. The van der Waals surface area contributed by atoms with Crippen LogP contribution in [0.2, 0.25) is 0 Å².